The number of nitrogens with zero attached hydrogens (tertiary/aromatic N) is 1. The zero-order valence-electron chi connectivity index (χ0n) is 35.6. The molecule has 1 aromatic rings. The molecule has 15 heteroatoms. The number of benzene rings is 1. The number of hydrogen-bond acceptors (Lipinski definition) is 11. The van der Waals surface area contributed by atoms with E-state index >= 15 is 0 Å². The molecule has 1 aromatic carbocycles. The largest absolute Gasteiger partial charge is 0.478 e. The smallest absolute Gasteiger partial charge is 0.328 e. The summed E-state index contributed by atoms with van der Waals surface area (Å²) < 4.78 is 11.0. The Hall–Kier alpha value is -4.93. The number of carboxylic acids is 1. The van der Waals surface area contributed by atoms with E-state index in [9.17, 15) is 24.3 Å². The lowest BCUT2D eigenvalue weighted by Crippen LogP contribution is -2.54. The first kappa shape index (κ1) is 50.2. The molecule has 7 N–H and O–H groups in total. The third-order valence-electron chi connectivity index (χ3n) is 9.28. The molecule has 0 spiro atoms. The molecule has 3 amide bonds. The van der Waals surface area contributed by atoms with Crippen molar-refractivity contribution < 1.29 is 48.5 Å². The lowest BCUT2D eigenvalue weighted by Gasteiger charge is -2.33. The normalized spacial score (nSPS) is 17.0. The van der Waals surface area contributed by atoms with Gasteiger partial charge in [-0.1, -0.05) is 99.1 Å². The van der Waals surface area contributed by atoms with E-state index < -0.39 is 36.0 Å². The van der Waals surface area contributed by atoms with Crippen LogP contribution in [-0.2, 0) is 44.7 Å². The molecular weight excluding hydrogens is 759 g/mol. The van der Waals surface area contributed by atoms with Gasteiger partial charge in [-0.25, -0.2) is 10.3 Å². The van der Waals surface area contributed by atoms with Crippen molar-refractivity contribution in [3.63, 3.8) is 0 Å². The maximum atomic E-state index is 12.8. The lowest BCUT2D eigenvalue weighted by atomic mass is 9.72. The third kappa shape index (κ3) is 20.6. The molecule has 15 nitrogen and oxygen atoms in total. The fraction of sp³-hybridized carbons (Fsp3) is 0.523. The Morgan fingerprint density at radius 3 is 2.32 bits per heavy atom. The second-order valence-corrected chi connectivity index (χ2v) is 15.4. The number of hydroxylamine groups is 1. The number of aliphatic carboxylic acids is 1. The first-order chi connectivity index (χ1) is 28.0. The van der Waals surface area contributed by atoms with Crippen molar-refractivity contribution in [3.8, 4) is 0 Å². The maximum absolute atomic E-state index is 12.8. The van der Waals surface area contributed by atoms with Gasteiger partial charge in [-0.15, -0.1) is 0 Å². The number of nitrogens with one attached hydrogen (secondary N) is 3. The van der Waals surface area contributed by atoms with Crippen LogP contribution < -0.4 is 21.8 Å². The van der Waals surface area contributed by atoms with Gasteiger partial charge in [-0.3, -0.25) is 19.2 Å². The zero-order chi connectivity index (χ0) is 43.8. The van der Waals surface area contributed by atoms with E-state index in [-0.39, 0.29) is 63.4 Å². The Balaban J connectivity index is 1.64. The van der Waals surface area contributed by atoms with Crippen LogP contribution in [0, 0.1) is 11.3 Å². The molecule has 1 aliphatic carbocycles. The van der Waals surface area contributed by atoms with Crippen LogP contribution in [0.4, 0.5) is 0 Å². The molecule has 0 saturated heterocycles. The molecule has 0 fully saturated rings. The molecule has 0 radical (unpaired) electrons. The van der Waals surface area contributed by atoms with E-state index in [1.54, 1.807) is 13.0 Å². The van der Waals surface area contributed by atoms with Crippen molar-refractivity contribution in [1.82, 2.24) is 16.1 Å². The Morgan fingerprint density at radius 2 is 1.64 bits per heavy atom. The molecular formula is C44H65N5O10. The molecule has 59 heavy (non-hydrogen) atoms. The molecule has 0 aliphatic heterocycles. The van der Waals surface area contributed by atoms with Crippen LogP contribution in [0.1, 0.15) is 73.3 Å². The third-order valence-corrected chi connectivity index (χ3v) is 9.28. The van der Waals surface area contributed by atoms with Crippen LogP contribution >= 0.6 is 0 Å². The molecule has 326 valence electrons. The van der Waals surface area contributed by atoms with Crippen molar-refractivity contribution >= 4 is 29.4 Å². The van der Waals surface area contributed by atoms with E-state index in [0.29, 0.717) is 18.4 Å². The molecule has 0 heterocycles. The van der Waals surface area contributed by atoms with Gasteiger partial charge in [0.1, 0.15) is 12.1 Å². The average molecular weight is 824 g/mol. The number of carboxylic acid groups (broad SMARTS) is 1. The molecule has 2 rings (SSSR count). The van der Waals surface area contributed by atoms with Gasteiger partial charge in [-0.2, -0.15) is 0 Å². The summed E-state index contributed by atoms with van der Waals surface area (Å²) in [5.41, 5.74) is 13.8. The number of rotatable bonds is 26. The maximum Gasteiger partial charge on any atom is 0.328 e. The van der Waals surface area contributed by atoms with Crippen molar-refractivity contribution in [2.24, 2.45) is 22.2 Å². The highest BCUT2D eigenvalue weighted by atomic mass is 16.7. The zero-order valence-corrected chi connectivity index (χ0v) is 35.6. The van der Waals surface area contributed by atoms with Gasteiger partial charge >= 0.3 is 5.97 Å². The Kier molecular flexibility index (Phi) is 22.9. The Bertz CT molecular complexity index is 1700. The molecule has 0 bridgehead atoms. The SMILES string of the molecule is CC1=C(/C=C/C(C)=C/C=C/C(C)=C/C(=O)O)C(C)(C)CC/C1=N\OCC(=O)NCCOCCOCCONC(=O)[C@H](CC(C)C)NC(=O)[C@@H](O)[C@H](N)Cc1ccccc1. The van der Waals surface area contributed by atoms with Gasteiger partial charge in [-0.05, 0) is 80.1 Å². The minimum atomic E-state index is -1.50. The minimum Gasteiger partial charge on any atom is -0.478 e. The topological polar surface area (TPSA) is 220 Å². The summed E-state index contributed by atoms with van der Waals surface area (Å²) in [5, 5.41) is 28.9. The predicted octanol–water partition coefficient (Wildman–Crippen LogP) is 4.24. The number of hydrogen-bond donors (Lipinski definition) is 6. The molecule has 3 atom stereocenters. The number of nitrogens with two attached hydrogens (primary N) is 1. The van der Waals surface area contributed by atoms with E-state index in [0.717, 1.165) is 46.9 Å². The van der Waals surface area contributed by atoms with E-state index in [1.165, 1.54) is 0 Å². The summed E-state index contributed by atoms with van der Waals surface area (Å²) in [7, 11) is 0. The van der Waals surface area contributed by atoms with Gasteiger partial charge in [0.15, 0.2) is 6.61 Å². The van der Waals surface area contributed by atoms with Crippen LogP contribution in [0.3, 0.4) is 0 Å². The predicted molar refractivity (Wildman–Crippen MR) is 227 cm³/mol. The van der Waals surface area contributed by atoms with Crippen LogP contribution in [0.2, 0.25) is 0 Å². The van der Waals surface area contributed by atoms with Crippen molar-refractivity contribution in [3.05, 3.63) is 94.6 Å². The number of aliphatic hydroxyl groups excluding tert-OH is 1. The van der Waals surface area contributed by atoms with Crippen LogP contribution in [0.25, 0.3) is 0 Å². The number of ether oxygens (including phenoxy) is 2. The standard InChI is InChI=1S/C44H65N5O10/c1-30(2)26-38(47-43(55)41(53)36(45)28-34-14-9-8-10-15-34)42(54)49-58-25-24-57-23-22-56-21-20-46-39(50)29-59-48-37-18-19-44(6,7)35(33(37)5)17-16-31(3)12-11-13-32(4)27-40(51)52/h8-17,27,30,36,38,41,53H,18-26,28-29,45H2,1-7H3,(H,46,50)(H,47,55)(H,49,54)(H,51,52)/b13-11+,17-16+,31-12+,32-27+,48-37+/t36-,38+,41+/m1/s1. The number of allylic oxidation sites excluding steroid dienone is 9. The van der Waals surface area contributed by atoms with Gasteiger partial charge in [0, 0.05) is 18.7 Å². The number of carbonyl (C=O) groups is 4. The lowest BCUT2D eigenvalue weighted by molar-refractivity contribution is -0.142. The first-order valence-corrected chi connectivity index (χ1v) is 20.0. The summed E-state index contributed by atoms with van der Waals surface area (Å²) in [6.07, 6.45) is 11.4. The quantitative estimate of drug-likeness (QED) is 0.0336. The molecule has 0 unspecified atom stereocenters. The van der Waals surface area contributed by atoms with Crippen molar-refractivity contribution in [2.45, 2.75) is 92.3 Å². The van der Waals surface area contributed by atoms with E-state index in [4.69, 9.17) is 30.0 Å². The van der Waals surface area contributed by atoms with E-state index in [1.807, 2.05) is 76.3 Å². The van der Waals surface area contributed by atoms with Crippen molar-refractivity contribution in [2.75, 3.05) is 46.2 Å². The fourth-order valence-corrected chi connectivity index (χ4v) is 6.00. The van der Waals surface area contributed by atoms with Gasteiger partial charge in [0.2, 0.25) is 0 Å². The highest BCUT2D eigenvalue weighted by Gasteiger charge is 2.31. The molecule has 1 aliphatic rings. The number of amides is 3. The van der Waals surface area contributed by atoms with Crippen LogP contribution in [-0.4, -0.2) is 104 Å². The first-order valence-electron chi connectivity index (χ1n) is 20.0. The highest BCUT2D eigenvalue weighted by Crippen LogP contribution is 2.40. The molecule has 0 aromatic heterocycles. The summed E-state index contributed by atoms with van der Waals surface area (Å²) in [6.45, 7) is 14.9. The Morgan fingerprint density at radius 1 is 0.966 bits per heavy atom. The van der Waals surface area contributed by atoms with E-state index in [2.05, 4.69) is 41.2 Å². The second kappa shape index (κ2) is 26.9. The van der Waals surface area contributed by atoms with Crippen molar-refractivity contribution in [1.29, 1.82) is 0 Å². The minimum absolute atomic E-state index is 0.0512. The highest BCUT2D eigenvalue weighted by molar-refractivity contribution is 6.01. The number of aliphatic hydroxyl groups is 1. The van der Waals surface area contributed by atoms with Crippen LogP contribution in [0.5, 0.6) is 0 Å². The summed E-state index contributed by atoms with van der Waals surface area (Å²) in [6, 6.07) is 7.50. The second-order valence-electron chi connectivity index (χ2n) is 15.4. The van der Waals surface area contributed by atoms with Gasteiger partial charge in [0.05, 0.1) is 38.7 Å². The summed E-state index contributed by atoms with van der Waals surface area (Å²) >= 11 is 0. The Labute approximate surface area is 348 Å². The monoisotopic (exact) mass is 823 g/mol. The fourth-order valence-electron chi connectivity index (χ4n) is 6.00. The molecule has 0 saturated carbocycles. The average Bonchev–Trinajstić information content (AvgIpc) is 3.16. The number of carbonyl (C=O) groups excluding carboxylic acids is 3. The summed E-state index contributed by atoms with van der Waals surface area (Å²) in [5.74, 6) is -2.53. The van der Waals surface area contributed by atoms with Gasteiger partial charge < -0.3 is 40.9 Å². The van der Waals surface area contributed by atoms with Gasteiger partial charge in [0.25, 0.3) is 17.7 Å². The number of oxime groups is 1. The summed E-state index contributed by atoms with van der Waals surface area (Å²) in [4.78, 5) is 59.2. The van der Waals surface area contributed by atoms with Crippen LogP contribution in [0.15, 0.2) is 94.2 Å².